The number of hydrogen-bond donors (Lipinski definition) is 2. The molecule has 4 rings (SSSR count). The highest BCUT2D eigenvalue weighted by Crippen LogP contribution is 2.41. The Labute approximate surface area is 166 Å². The topological polar surface area (TPSA) is 104 Å². The van der Waals surface area contributed by atoms with Crippen molar-refractivity contribution in [3.8, 4) is 16.3 Å². The Kier molecular flexibility index (Phi) is 5.17. The molecule has 4 N–H and O–H groups in total. The molecule has 2 heterocycles. The van der Waals surface area contributed by atoms with E-state index in [0.717, 1.165) is 39.6 Å². The monoisotopic (exact) mass is 398 g/mol. The summed E-state index contributed by atoms with van der Waals surface area (Å²) < 4.78 is 12.0. The molecule has 1 amide bonds. The number of nitrogens with two attached hydrogens (primary N) is 2. The Balaban J connectivity index is 1.91. The number of rotatable bonds is 5. The molecule has 0 aliphatic carbocycles. The summed E-state index contributed by atoms with van der Waals surface area (Å²) in [4.78, 5) is 19.1. The third-order valence-corrected chi connectivity index (χ3v) is 5.98. The standard InChI is InChI=1S/C20H22N4O3S/c1-26-16-5-4-15(24-6-8-27-9-7-24)18-17(16)23-20(28-18)14-10-12(11-21)2-3-13(14)19(22)25/h2-5,10H,6-9,11,21H2,1H3,(H2,22,25). The second-order valence-corrected chi connectivity index (χ2v) is 7.53. The zero-order valence-electron chi connectivity index (χ0n) is 15.6. The van der Waals surface area contributed by atoms with Crippen LogP contribution in [0.15, 0.2) is 30.3 Å². The second-order valence-electron chi connectivity index (χ2n) is 6.53. The van der Waals surface area contributed by atoms with Crippen LogP contribution < -0.4 is 21.1 Å². The van der Waals surface area contributed by atoms with E-state index < -0.39 is 5.91 Å². The van der Waals surface area contributed by atoms with E-state index in [-0.39, 0.29) is 0 Å². The maximum atomic E-state index is 12.0. The lowest BCUT2D eigenvalue weighted by Crippen LogP contribution is -2.36. The molecule has 7 nitrogen and oxygen atoms in total. The molecule has 146 valence electrons. The number of morpholine rings is 1. The number of amides is 1. The van der Waals surface area contributed by atoms with E-state index in [0.29, 0.717) is 36.6 Å². The number of primary amides is 1. The van der Waals surface area contributed by atoms with Gasteiger partial charge in [0.1, 0.15) is 16.3 Å². The third kappa shape index (κ3) is 3.30. The van der Waals surface area contributed by atoms with Gasteiger partial charge in [0.15, 0.2) is 0 Å². The summed E-state index contributed by atoms with van der Waals surface area (Å²) in [6.07, 6.45) is 0. The lowest BCUT2D eigenvalue weighted by Gasteiger charge is -2.29. The lowest BCUT2D eigenvalue weighted by atomic mass is 10.0. The fourth-order valence-electron chi connectivity index (χ4n) is 3.41. The number of hydrogen-bond acceptors (Lipinski definition) is 7. The average molecular weight is 398 g/mol. The number of anilines is 1. The predicted octanol–water partition coefficient (Wildman–Crippen LogP) is 2.37. The zero-order chi connectivity index (χ0) is 19.7. The molecule has 0 atom stereocenters. The Morgan fingerprint density at radius 1 is 1.29 bits per heavy atom. The Bertz CT molecular complexity index is 1030. The predicted molar refractivity (Wildman–Crippen MR) is 111 cm³/mol. The van der Waals surface area contributed by atoms with Gasteiger partial charge in [0, 0.05) is 30.8 Å². The van der Waals surface area contributed by atoms with Crippen LogP contribution in [-0.2, 0) is 11.3 Å². The molecule has 0 radical (unpaired) electrons. The van der Waals surface area contributed by atoms with Gasteiger partial charge in [0.25, 0.3) is 0 Å². The lowest BCUT2D eigenvalue weighted by molar-refractivity contribution is 0.100. The molecule has 1 aliphatic heterocycles. The van der Waals surface area contributed by atoms with Crippen LogP contribution in [0.25, 0.3) is 20.8 Å². The molecule has 1 saturated heterocycles. The van der Waals surface area contributed by atoms with Gasteiger partial charge in [0.05, 0.1) is 30.7 Å². The Hall–Kier alpha value is -2.68. The summed E-state index contributed by atoms with van der Waals surface area (Å²) in [6, 6.07) is 9.41. The van der Waals surface area contributed by atoms with E-state index in [1.54, 1.807) is 13.2 Å². The number of carbonyl (C=O) groups excluding carboxylic acids is 1. The van der Waals surface area contributed by atoms with Crippen molar-refractivity contribution in [1.29, 1.82) is 0 Å². The molecule has 3 aromatic rings. The second kappa shape index (κ2) is 7.75. The number of fused-ring (bicyclic) bond motifs is 1. The van der Waals surface area contributed by atoms with Crippen LogP contribution >= 0.6 is 11.3 Å². The number of thiazole rings is 1. The van der Waals surface area contributed by atoms with E-state index in [4.69, 9.17) is 25.9 Å². The van der Waals surface area contributed by atoms with Crippen molar-refractivity contribution < 1.29 is 14.3 Å². The van der Waals surface area contributed by atoms with Crippen LogP contribution in [0.4, 0.5) is 5.69 Å². The molecule has 1 fully saturated rings. The van der Waals surface area contributed by atoms with Crippen molar-refractivity contribution in [3.63, 3.8) is 0 Å². The highest BCUT2D eigenvalue weighted by atomic mass is 32.1. The molecule has 28 heavy (non-hydrogen) atoms. The van der Waals surface area contributed by atoms with Gasteiger partial charge in [-0.3, -0.25) is 4.79 Å². The molecular formula is C20H22N4O3S. The molecule has 0 bridgehead atoms. The van der Waals surface area contributed by atoms with Crippen molar-refractivity contribution in [1.82, 2.24) is 4.98 Å². The first-order valence-electron chi connectivity index (χ1n) is 9.05. The first kappa shape index (κ1) is 18.7. The quantitative estimate of drug-likeness (QED) is 0.684. The van der Waals surface area contributed by atoms with Crippen LogP contribution in [0.1, 0.15) is 15.9 Å². The van der Waals surface area contributed by atoms with Gasteiger partial charge in [-0.15, -0.1) is 11.3 Å². The van der Waals surface area contributed by atoms with Gasteiger partial charge in [-0.25, -0.2) is 4.98 Å². The minimum Gasteiger partial charge on any atom is -0.494 e. The van der Waals surface area contributed by atoms with E-state index in [9.17, 15) is 4.79 Å². The first-order chi connectivity index (χ1) is 13.6. The van der Waals surface area contributed by atoms with Gasteiger partial charge in [-0.05, 0) is 29.8 Å². The molecular weight excluding hydrogens is 376 g/mol. The SMILES string of the molecule is COc1ccc(N2CCOCC2)c2sc(-c3cc(CN)ccc3C(N)=O)nc12. The largest absolute Gasteiger partial charge is 0.494 e. The van der Waals surface area contributed by atoms with Crippen LogP contribution in [0, 0.1) is 0 Å². The highest BCUT2D eigenvalue weighted by molar-refractivity contribution is 7.22. The van der Waals surface area contributed by atoms with Gasteiger partial charge in [-0.1, -0.05) is 6.07 Å². The minimum atomic E-state index is -0.488. The molecule has 0 unspecified atom stereocenters. The number of benzene rings is 2. The van der Waals surface area contributed by atoms with E-state index in [1.165, 1.54) is 11.3 Å². The average Bonchev–Trinajstić information content (AvgIpc) is 3.18. The van der Waals surface area contributed by atoms with Crippen molar-refractivity contribution >= 4 is 33.1 Å². The molecule has 0 saturated carbocycles. The summed E-state index contributed by atoms with van der Waals surface area (Å²) in [6.45, 7) is 3.42. The van der Waals surface area contributed by atoms with E-state index in [1.807, 2.05) is 18.2 Å². The van der Waals surface area contributed by atoms with Gasteiger partial charge >= 0.3 is 0 Å². The van der Waals surface area contributed by atoms with Gasteiger partial charge < -0.3 is 25.8 Å². The van der Waals surface area contributed by atoms with Crippen molar-refractivity contribution in [2.24, 2.45) is 11.5 Å². The maximum Gasteiger partial charge on any atom is 0.249 e. The summed E-state index contributed by atoms with van der Waals surface area (Å²) in [7, 11) is 1.63. The molecule has 1 aliphatic rings. The Morgan fingerprint density at radius 3 is 2.75 bits per heavy atom. The summed E-state index contributed by atoms with van der Waals surface area (Å²) in [5.74, 6) is 0.211. The van der Waals surface area contributed by atoms with Crippen molar-refractivity contribution in [2.75, 3.05) is 38.3 Å². The molecule has 1 aromatic heterocycles. The number of carbonyl (C=O) groups is 1. The first-order valence-corrected chi connectivity index (χ1v) is 9.87. The fraction of sp³-hybridized carbons (Fsp3) is 0.300. The minimum absolute atomic E-state index is 0.374. The normalized spacial score (nSPS) is 14.4. The third-order valence-electron chi connectivity index (χ3n) is 4.87. The van der Waals surface area contributed by atoms with E-state index in [2.05, 4.69) is 11.0 Å². The van der Waals surface area contributed by atoms with Crippen LogP contribution in [0.5, 0.6) is 5.75 Å². The van der Waals surface area contributed by atoms with Crippen LogP contribution in [0.2, 0.25) is 0 Å². The summed E-state index contributed by atoms with van der Waals surface area (Å²) in [5, 5.41) is 0.720. The van der Waals surface area contributed by atoms with Gasteiger partial charge in [-0.2, -0.15) is 0 Å². The number of methoxy groups -OCH3 is 1. The smallest absolute Gasteiger partial charge is 0.249 e. The fourth-order valence-corrected chi connectivity index (χ4v) is 4.57. The zero-order valence-corrected chi connectivity index (χ0v) is 16.4. The van der Waals surface area contributed by atoms with Crippen LogP contribution in [-0.4, -0.2) is 44.3 Å². The van der Waals surface area contributed by atoms with Crippen molar-refractivity contribution in [3.05, 3.63) is 41.5 Å². The maximum absolute atomic E-state index is 12.0. The highest BCUT2D eigenvalue weighted by Gasteiger charge is 2.21. The number of nitrogens with zero attached hydrogens (tertiary/aromatic N) is 2. The molecule has 8 heteroatoms. The Morgan fingerprint density at radius 2 is 2.07 bits per heavy atom. The molecule has 0 spiro atoms. The van der Waals surface area contributed by atoms with Gasteiger partial charge in [0.2, 0.25) is 5.91 Å². The van der Waals surface area contributed by atoms with Crippen LogP contribution in [0.3, 0.4) is 0 Å². The van der Waals surface area contributed by atoms with Crippen molar-refractivity contribution in [2.45, 2.75) is 6.54 Å². The number of aromatic nitrogens is 1. The molecule has 2 aromatic carbocycles. The van der Waals surface area contributed by atoms with E-state index >= 15 is 0 Å². The summed E-state index contributed by atoms with van der Waals surface area (Å²) >= 11 is 1.53. The number of ether oxygens (including phenoxy) is 2. The summed E-state index contributed by atoms with van der Waals surface area (Å²) in [5.41, 5.74) is 15.3.